The van der Waals surface area contributed by atoms with Gasteiger partial charge in [-0.25, -0.2) is 0 Å². The molecule has 3 rings (SSSR count). The van der Waals surface area contributed by atoms with E-state index in [0.717, 1.165) is 25.7 Å². The van der Waals surface area contributed by atoms with Crippen molar-refractivity contribution in [3.05, 3.63) is 34.9 Å². The maximum atomic E-state index is 13.2. The van der Waals surface area contributed by atoms with Crippen molar-refractivity contribution in [1.82, 2.24) is 15.5 Å². The minimum atomic E-state index is -0.608. The van der Waals surface area contributed by atoms with Crippen LogP contribution in [0.2, 0.25) is 5.02 Å². The zero-order chi connectivity index (χ0) is 21.0. The van der Waals surface area contributed by atoms with E-state index in [9.17, 15) is 14.4 Å². The Morgan fingerprint density at radius 3 is 2.45 bits per heavy atom. The van der Waals surface area contributed by atoms with E-state index in [1.807, 2.05) is 13.8 Å². The van der Waals surface area contributed by atoms with Crippen molar-refractivity contribution in [1.29, 1.82) is 0 Å². The molecule has 0 radical (unpaired) electrons. The first-order valence-electron chi connectivity index (χ1n) is 10.5. The third-order valence-corrected chi connectivity index (χ3v) is 5.70. The second-order valence-electron chi connectivity index (χ2n) is 8.57. The van der Waals surface area contributed by atoms with Crippen LogP contribution in [0.4, 0.5) is 0 Å². The molecule has 7 heteroatoms. The topological polar surface area (TPSA) is 78.5 Å². The molecule has 1 aliphatic heterocycles. The molecule has 2 atom stereocenters. The molecular weight excluding hydrogens is 390 g/mol. The summed E-state index contributed by atoms with van der Waals surface area (Å²) in [5, 5.41) is 6.49. The first-order valence-corrected chi connectivity index (χ1v) is 10.9. The number of nitrogens with zero attached hydrogens (tertiary/aromatic N) is 1. The van der Waals surface area contributed by atoms with E-state index >= 15 is 0 Å². The van der Waals surface area contributed by atoms with Gasteiger partial charge in [-0.3, -0.25) is 14.4 Å². The van der Waals surface area contributed by atoms with E-state index < -0.39 is 6.04 Å². The van der Waals surface area contributed by atoms with Gasteiger partial charge in [0.2, 0.25) is 11.8 Å². The van der Waals surface area contributed by atoms with Crippen LogP contribution in [0.25, 0.3) is 0 Å². The molecule has 2 aliphatic rings. The van der Waals surface area contributed by atoms with Crippen LogP contribution in [-0.4, -0.2) is 47.8 Å². The lowest BCUT2D eigenvalue weighted by Gasteiger charge is -2.35. The van der Waals surface area contributed by atoms with Gasteiger partial charge in [0.1, 0.15) is 6.04 Å². The fraction of sp³-hybridized carbons (Fsp3) is 0.591. The number of nitrogens with one attached hydrogen (secondary N) is 2. The lowest BCUT2D eigenvalue weighted by Crippen LogP contribution is -2.53. The maximum Gasteiger partial charge on any atom is 0.251 e. The molecule has 2 N–H and O–H groups in total. The molecule has 6 nitrogen and oxygen atoms in total. The average Bonchev–Trinajstić information content (AvgIpc) is 3.51. The highest BCUT2D eigenvalue weighted by molar-refractivity contribution is 6.30. The van der Waals surface area contributed by atoms with Gasteiger partial charge in [0.05, 0.1) is 5.92 Å². The summed E-state index contributed by atoms with van der Waals surface area (Å²) in [6.07, 6.45) is 4.25. The molecule has 1 aliphatic carbocycles. The van der Waals surface area contributed by atoms with Crippen LogP contribution in [0.15, 0.2) is 24.3 Å². The number of carbonyl (C=O) groups is 3. The van der Waals surface area contributed by atoms with Crippen molar-refractivity contribution >= 4 is 29.3 Å². The smallest absolute Gasteiger partial charge is 0.251 e. The van der Waals surface area contributed by atoms with Gasteiger partial charge in [0, 0.05) is 29.7 Å². The third-order valence-electron chi connectivity index (χ3n) is 5.44. The van der Waals surface area contributed by atoms with Gasteiger partial charge < -0.3 is 15.5 Å². The Balaban J connectivity index is 1.64. The molecular formula is C22H30ClN3O3. The lowest BCUT2D eigenvalue weighted by molar-refractivity contribution is -0.137. The van der Waals surface area contributed by atoms with Crippen molar-refractivity contribution in [3.63, 3.8) is 0 Å². The summed E-state index contributed by atoms with van der Waals surface area (Å²) in [6.45, 7) is 5.09. The molecule has 2 fully saturated rings. The summed E-state index contributed by atoms with van der Waals surface area (Å²) in [6, 6.07) is 6.32. The Kier molecular flexibility index (Phi) is 7.17. The van der Waals surface area contributed by atoms with Gasteiger partial charge in [0.25, 0.3) is 5.91 Å². The number of piperidine rings is 1. The summed E-state index contributed by atoms with van der Waals surface area (Å²) < 4.78 is 0. The minimum absolute atomic E-state index is 0.0515. The normalized spacial score (nSPS) is 20.3. The van der Waals surface area contributed by atoms with E-state index in [1.54, 1.807) is 29.2 Å². The first-order chi connectivity index (χ1) is 13.8. The van der Waals surface area contributed by atoms with Gasteiger partial charge in [0.15, 0.2) is 0 Å². The molecule has 2 unspecified atom stereocenters. The molecule has 158 valence electrons. The summed E-state index contributed by atoms with van der Waals surface area (Å²) >= 11 is 5.89. The van der Waals surface area contributed by atoms with Gasteiger partial charge in [-0.2, -0.15) is 0 Å². The second kappa shape index (κ2) is 9.61. The predicted octanol–water partition coefficient (Wildman–Crippen LogP) is 3.00. The Labute approximate surface area is 177 Å². The molecule has 1 heterocycles. The van der Waals surface area contributed by atoms with E-state index in [-0.39, 0.29) is 29.6 Å². The average molecular weight is 420 g/mol. The van der Waals surface area contributed by atoms with Crippen molar-refractivity contribution in [3.8, 4) is 0 Å². The Hall–Kier alpha value is -2.08. The SMILES string of the molecule is CC(C)CC(NC(=O)c1ccc(Cl)cc1)C(=O)N1CCCC(C(=O)NC2CC2)C1. The van der Waals surface area contributed by atoms with Crippen molar-refractivity contribution < 1.29 is 14.4 Å². The number of likely N-dealkylation sites (tertiary alicyclic amines) is 1. The van der Waals surface area contributed by atoms with Crippen LogP contribution in [-0.2, 0) is 9.59 Å². The number of hydrogen-bond donors (Lipinski definition) is 2. The number of carbonyl (C=O) groups excluding carboxylic acids is 3. The molecule has 29 heavy (non-hydrogen) atoms. The van der Waals surface area contributed by atoms with Gasteiger partial charge in [-0.05, 0) is 62.3 Å². The van der Waals surface area contributed by atoms with E-state index in [0.29, 0.717) is 36.1 Å². The lowest BCUT2D eigenvalue weighted by atomic mass is 9.95. The quantitative estimate of drug-likeness (QED) is 0.713. The zero-order valence-corrected chi connectivity index (χ0v) is 17.9. The molecule has 1 aromatic carbocycles. The molecule has 1 aromatic rings. The Bertz CT molecular complexity index is 746. The predicted molar refractivity (Wildman–Crippen MR) is 113 cm³/mol. The van der Waals surface area contributed by atoms with Crippen LogP contribution >= 0.6 is 11.6 Å². The van der Waals surface area contributed by atoms with Crippen LogP contribution < -0.4 is 10.6 Å². The fourth-order valence-electron chi connectivity index (χ4n) is 3.69. The maximum absolute atomic E-state index is 13.2. The van der Waals surface area contributed by atoms with Crippen LogP contribution in [0.1, 0.15) is 56.3 Å². The highest BCUT2D eigenvalue weighted by atomic mass is 35.5. The number of amides is 3. The molecule has 1 saturated heterocycles. The molecule has 0 aromatic heterocycles. The summed E-state index contributed by atoms with van der Waals surface area (Å²) in [5.74, 6) is -0.269. The number of rotatable bonds is 7. The third kappa shape index (κ3) is 6.20. The molecule has 0 bridgehead atoms. The largest absolute Gasteiger partial charge is 0.353 e. The fourth-order valence-corrected chi connectivity index (χ4v) is 3.82. The second-order valence-corrected chi connectivity index (χ2v) is 9.01. The Morgan fingerprint density at radius 1 is 1.14 bits per heavy atom. The summed E-state index contributed by atoms with van der Waals surface area (Å²) in [4.78, 5) is 40.0. The first kappa shape index (κ1) is 21.6. The minimum Gasteiger partial charge on any atom is -0.353 e. The molecule has 3 amide bonds. The molecule has 1 saturated carbocycles. The summed E-state index contributed by atoms with van der Waals surface area (Å²) in [5.41, 5.74) is 0.469. The number of hydrogen-bond acceptors (Lipinski definition) is 3. The van der Waals surface area contributed by atoms with E-state index in [2.05, 4.69) is 10.6 Å². The highest BCUT2D eigenvalue weighted by Gasteiger charge is 2.34. The van der Waals surface area contributed by atoms with Crippen LogP contribution in [0.5, 0.6) is 0 Å². The van der Waals surface area contributed by atoms with Crippen molar-refractivity contribution in [2.45, 2.75) is 58.0 Å². The highest BCUT2D eigenvalue weighted by Crippen LogP contribution is 2.23. The molecule has 0 spiro atoms. The van der Waals surface area contributed by atoms with E-state index in [4.69, 9.17) is 11.6 Å². The zero-order valence-electron chi connectivity index (χ0n) is 17.1. The number of benzene rings is 1. The van der Waals surface area contributed by atoms with Gasteiger partial charge >= 0.3 is 0 Å². The monoisotopic (exact) mass is 419 g/mol. The van der Waals surface area contributed by atoms with Gasteiger partial charge in [-0.1, -0.05) is 25.4 Å². The van der Waals surface area contributed by atoms with Crippen LogP contribution in [0.3, 0.4) is 0 Å². The van der Waals surface area contributed by atoms with Crippen molar-refractivity contribution in [2.24, 2.45) is 11.8 Å². The van der Waals surface area contributed by atoms with E-state index in [1.165, 1.54) is 0 Å². The number of halogens is 1. The standard InChI is InChI=1S/C22H30ClN3O3/c1-14(2)12-19(25-20(27)15-5-7-17(23)8-6-15)22(29)26-11-3-4-16(13-26)21(28)24-18-9-10-18/h5-8,14,16,18-19H,3-4,9-13H2,1-2H3,(H,24,28)(H,25,27). The summed E-state index contributed by atoms with van der Waals surface area (Å²) in [7, 11) is 0. The van der Waals surface area contributed by atoms with Crippen molar-refractivity contribution in [2.75, 3.05) is 13.1 Å². The van der Waals surface area contributed by atoms with Gasteiger partial charge in [-0.15, -0.1) is 0 Å². The Morgan fingerprint density at radius 2 is 1.83 bits per heavy atom. The van der Waals surface area contributed by atoms with Crippen LogP contribution in [0, 0.1) is 11.8 Å².